The van der Waals surface area contributed by atoms with Gasteiger partial charge in [-0.1, -0.05) is 17.7 Å². The smallest absolute Gasteiger partial charge is 0.130 e. The first kappa shape index (κ1) is 10.2. The number of carbonyl (C=O) groups excluding carboxylic acids is 1. The van der Waals surface area contributed by atoms with Crippen LogP contribution >= 0.6 is 11.6 Å². The van der Waals surface area contributed by atoms with E-state index in [0.29, 0.717) is 23.4 Å². The standard InChI is InChI=1S/C10H10ClFO/c1-7(13)2-3-8-4-5-9(11)6-10(8)12/h4-6H,2-3H2,1H3. The zero-order chi connectivity index (χ0) is 9.84. The van der Waals surface area contributed by atoms with Crippen LogP contribution in [0.4, 0.5) is 4.39 Å². The molecule has 0 atom stereocenters. The van der Waals surface area contributed by atoms with Crippen LogP contribution in [0.1, 0.15) is 18.9 Å². The summed E-state index contributed by atoms with van der Waals surface area (Å²) in [6.07, 6.45) is 0.816. The van der Waals surface area contributed by atoms with E-state index in [2.05, 4.69) is 0 Å². The number of carbonyl (C=O) groups is 1. The van der Waals surface area contributed by atoms with Gasteiger partial charge >= 0.3 is 0 Å². The topological polar surface area (TPSA) is 17.1 Å². The molecule has 0 saturated heterocycles. The average molecular weight is 201 g/mol. The first-order valence-electron chi connectivity index (χ1n) is 4.03. The fourth-order valence-corrected chi connectivity index (χ4v) is 1.19. The van der Waals surface area contributed by atoms with Crippen molar-refractivity contribution in [3.63, 3.8) is 0 Å². The van der Waals surface area contributed by atoms with Gasteiger partial charge in [-0.05, 0) is 31.0 Å². The van der Waals surface area contributed by atoms with Gasteiger partial charge in [0.1, 0.15) is 11.6 Å². The van der Waals surface area contributed by atoms with Gasteiger partial charge in [-0.2, -0.15) is 0 Å². The molecule has 0 unspecified atom stereocenters. The van der Waals surface area contributed by atoms with Crippen molar-refractivity contribution in [2.45, 2.75) is 19.8 Å². The molecular weight excluding hydrogens is 191 g/mol. The third kappa shape index (κ3) is 3.15. The van der Waals surface area contributed by atoms with E-state index in [1.165, 1.54) is 13.0 Å². The minimum atomic E-state index is -0.339. The van der Waals surface area contributed by atoms with Crippen molar-refractivity contribution in [3.05, 3.63) is 34.6 Å². The summed E-state index contributed by atoms with van der Waals surface area (Å²) in [6.45, 7) is 1.49. The van der Waals surface area contributed by atoms with Crippen LogP contribution in [-0.4, -0.2) is 5.78 Å². The SMILES string of the molecule is CC(=O)CCc1ccc(Cl)cc1F. The van der Waals surface area contributed by atoms with Gasteiger partial charge in [-0.25, -0.2) is 4.39 Å². The second-order valence-electron chi connectivity index (χ2n) is 2.94. The highest BCUT2D eigenvalue weighted by molar-refractivity contribution is 6.30. The molecule has 0 bridgehead atoms. The first-order chi connectivity index (χ1) is 6.09. The Morgan fingerprint density at radius 1 is 1.54 bits per heavy atom. The molecule has 0 spiro atoms. The van der Waals surface area contributed by atoms with E-state index < -0.39 is 0 Å². The molecule has 0 amide bonds. The fourth-order valence-electron chi connectivity index (χ4n) is 1.04. The molecule has 3 heteroatoms. The predicted molar refractivity (Wildman–Crippen MR) is 50.4 cm³/mol. The Bertz CT molecular complexity index is 323. The second kappa shape index (κ2) is 4.38. The van der Waals surface area contributed by atoms with Crippen LogP contribution < -0.4 is 0 Å². The highest BCUT2D eigenvalue weighted by Gasteiger charge is 2.03. The average Bonchev–Trinajstić information content (AvgIpc) is 2.02. The maximum Gasteiger partial charge on any atom is 0.130 e. The van der Waals surface area contributed by atoms with Gasteiger partial charge in [-0.3, -0.25) is 0 Å². The molecule has 70 valence electrons. The van der Waals surface area contributed by atoms with Crippen molar-refractivity contribution < 1.29 is 9.18 Å². The zero-order valence-corrected chi connectivity index (χ0v) is 8.07. The molecule has 13 heavy (non-hydrogen) atoms. The largest absolute Gasteiger partial charge is 0.300 e. The first-order valence-corrected chi connectivity index (χ1v) is 4.41. The van der Waals surface area contributed by atoms with Crippen LogP contribution in [0.2, 0.25) is 5.02 Å². The van der Waals surface area contributed by atoms with E-state index in [0.717, 1.165) is 0 Å². The van der Waals surface area contributed by atoms with Crippen molar-refractivity contribution in [1.82, 2.24) is 0 Å². The third-order valence-electron chi connectivity index (χ3n) is 1.76. The third-order valence-corrected chi connectivity index (χ3v) is 2.00. The molecule has 1 aromatic carbocycles. The number of ketones is 1. The van der Waals surface area contributed by atoms with Crippen LogP contribution in [-0.2, 0) is 11.2 Å². The lowest BCUT2D eigenvalue weighted by Gasteiger charge is -2.01. The van der Waals surface area contributed by atoms with E-state index in [4.69, 9.17) is 11.6 Å². The molecule has 1 nitrogen and oxygen atoms in total. The number of rotatable bonds is 3. The minimum Gasteiger partial charge on any atom is -0.300 e. The number of Topliss-reactive ketones (excluding diaryl/α,β-unsaturated/α-hetero) is 1. The quantitative estimate of drug-likeness (QED) is 0.733. The summed E-state index contributed by atoms with van der Waals surface area (Å²) in [4.78, 5) is 10.6. The van der Waals surface area contributed by atoms with Gasteiger partial charge in [-0.15, -0.1) is 0 Å². The molecule has 0 N–H and O–H groups in total. The normalized spacial score (nSPS) is 10.1. The maximum absolute atomic E-state index is 13.1. The monoisotopic (exact) mass is 200 g/mol. The Morgan fingerprint density at radius 3 is 2.77 bits per heavy atom. The number of benzene rings is 1. The number of aryl methyl sites for hydroxylation is 1. The summed E-state index contributed by atoms with van der Waals surface area (Å²) in [5.74, 6) is -0.275. The lowest BCUT2D eigenvalue weighted by molar-refractivity contribution is -0.116. The van der Waals surface area contributed by atoms with Gasteiger partial charge in [0.25, 0.3) is 0 Å². The Kier molecular flexibility index (Phi) is 3.43. The Hall–Kier alpha value is -0.890. The molecule has 1 aromatic rings. The summed E-state index contributed by atoms with van der Waals surface area (Å²) >= 11 is 5.57. The minimum absolute atomic E-state index is 0.0642. The maximum atomic E-state index is 13.1. The molecule has 0 aliphatic heterocycles. The van der Waals surface area contributed by atoms with Gasteiger partial charge in [0.15, 0.2) is 0 Å². The molecular formula is C10H10ClFO. The Balaban J connectivity index is 2.72. The lowest BCUT2D eigenvalue weighted by atomic mass is 10.1. The summed E-state index contributed by atoms with van der Waals surface area (Å²) in [5.41, 5.74) is 0.541. The van der Waals surface area contributed by atoms with Crippen molar-refractivity contribution >= 4 is 17.4 Å². The van der Waals surface area contributed by atoms with Gasteiger partial charge < -0.3 is 4.79 Å². The summed E-state index contributed by atoms with van der Waals surface area (Å²) in [7, 11) is 0. The van der Waals surface area contributed by atoms with Crippen molar-refractivity contribution in [2.75, 3.05) is 0 Å². The fraction of sp³-hybridized carbons (Fsp3) is 0.300. The number of hydrogen-bond donors (Lipinski definition) is 0. The van der Waals surface area contributed by atoms with Gasteiger partial charge in [0.05, 0.1) is 0 Å². The van der Waals surface area contributed by atoms with Crippen LogP contribution in [0.3, 0.4) is 0 Å². The number of halogens is 2. The van der Waals surface area contributed by atoms with Crippen molar-refractivity contribution in [2.24, 2.45) is 0 Å². The number of hydrogen-bond acceptors (Lipinski definition) is 1. The summed E-state index contributed by atoms with van der Waals surface area (Å²) in [5, 5.41) is 0.379. The molecule has 0 heterocycles. The van der Waals surface area contributed by atoms with Gasteiger partial charge in [0, 0.05) is 11.4 Å². The molecule has 0 aliphatic carbocycles. The Morgan fingerprint density at radius 2 is 2.23 bits per heavy atom. The van der Waals surface area contributed by atoms with Crippen molar-refractivity contribution in [1.29, 1.82) is 0 Å². The van der Waals surface area contributed by atoms with E-state index in [1.807, 2.05) is 0 Å². The van der Waals surface area contributed by atoms with Crippen LogP contribution in [0.5, 0.6) is 0 Å². The van der Waals surface area contributed by atoms with E-state index in [9.17, 15) is 9.18 Å². The molecule has 0 radical (unpaired) electrons. The highest BCUT2D eigenvalue weighted by Crippen LogP contribution is 2.15. The van der Waals surface area contributed by atoms with Gasteiger partial charge in [0.2, 0.25) is 0 Å². The summed E-state index contributed by atoms with van der Waals surface area (Å²) in [6, 6.07) is 4.50. The van der Waals surface area contributed by atoms with Crippen LogP contribution in [0, 0.1) is 5.82 Å². The zero-order valence-electron chi connectivity index (χ0n) is 7.31. The highest BCUT2D eigenvalue weighted by atomic mass is 35.5. The van der Waals surface area contributed by atoms with E-state index >= 15 is 0 Å². The molecule has 1 rings (SSSR count). The molecule has 0 saturated carbocycles. The summed E-state index contributed by atoms with van der Waals surface area (Å²) < 4.78 is 13.1. The Labute approximate surface area is 81.5 Å². The van der Waals surface area contributed by atoms with Crippen molar-refractivity contribution in [3.8, 4) is 0 Å². The molecule has 0 aliphatic rings. The molecule has 0 fully saturated rings. The predicted octanol–water partition coefficient (Wildman–Crippen LogP) is 3.00. The lowest BCUT2D eigenvalue weighted by Crippen LogP contribution is -1.96. The van der Waals surface area contributed by atoms with Crippen LogP contribution in [0.15, 0.2) is 18.2 Å². The second-order valence-corrected chi connectivity index (χ2v) is 3.37. The van der Waals surface area contributed by atoms with Crippen LogP contribution in [0.25, 0.3) is 0 Å². The molecule has 0 aromatic heterocycles. The van der Waals surface area contributed by atoms with E-state index in [-0.39, 0.29) is 11.6 Å². The van der Waals surface area contributed by atoms with E-state index in [1.54, 1.807) is 12.1 Å².